The van der Waals surface area contributed by atoms with Crippen LogP contribution in [0.2, 0.25) is 0 Å². The Labute approximate surface area is 97.6 Å². The number of Topliss-reactive ketones (excluding diaryl/α,β-unsaturated/α-hetero) is 1. The molecule has 0 saturated carbocycles. The highest BCUT2D eigenvalue weighted by Crippen LogP contribution is 2.31. The molecule has 0 aromatic heterocycles. The van der Waals surface area contributed by atoms with Gasteiger partial charge in [-0.3, -0.25) is 4.79 Å². The monoisotopic (exact) mass is 245 g/mol. The van der Waals surface area contributed by atoms with E-state index in [-0.39, 0.29) is 5.56 Å². The minimum Gasteiger partial charge on any atom is -0.311 e. The van der Waals surface area contributed by atoms with Crippen molar-refractivity contribution in [3.63, 3.8) is 0 Å². The molecule has 17 heavy (non-hydrogen) atoms. The summed E-state index contributed by atoms with van der Waals surface area (Å²) in [4.78, 5) is 11.8. The van der Waals surface area contributed by atoms with Crippen LogP contribution in [0.3, 0.4) is 0 Å². The molecule has 0 saturated heterocycles. The van der Waals surface area contributed by atoms with Gasteiger partial charge >= 0.3 is 6.18 Å². The molecule has 0 fully saturated rings. The fraction of sp³-hybridized carbons (Fsp3) is 0.417. The summed E-state index contributed by atoms with van der Waals surface area (Å²) in [6.45, 7) is 4.11. The third-order valence-corrected chi connectivity index (χ3v) is 2.54. The van der Waals surface area contributed by atoms with E-state index in [1.54, 1.807) is 19.9 Å². The van der Waals surface area contributed by atoms with E-state index >= 15 is 0 Å². The standard InChI is InChI=1S/C12H14F3NO/c1-7-4-8(2)6-9(5-7)10(17)11(3,16)12(13,14)15/h4-6H,16H2,1-3H3. The molecule has 0 heterocycles. The zero-order valence-corrected chi connectivity index (χ0v) is 9.85. The molecule has 0 aliphatic carbocycles. The lowest BCUT2D eigenvalue weighted by atomic mass is 9.90. The second-order valence-electron chi connectivity index (χ2n) is 4.41. The number of aryl methyl sites for hydroxylation is 2. The van der Waals surface area contributed by atoms with Crippen LogP contribution in [0.25, 0.3) is 0 Å². The van der Waals surface area contributed by atoms with Crippen molar-refractivity contribution in [3.8, 4) is 0 Å². The average molecular weight is 245 g/mol. The number of nitrogens with two attached hydrogens (primary N) is 1. The topological polar surface area (TPSA) is 43.1 Å². The van der Waals surface area contributed by atoms with Crippen LogP contribution in [-0.2, 0) is 0 Å². The Morgan fingerprint density at radius 3 is 1.88 bits per heavy atom. The van der Waals surface area contributed by atoms with Gasteiger partial charge in [-0.2, -0.15) is 13.2 Å². The first-order chi connectivity index (χ1) is 7.55. The van der Waals surface area contributed by atoms with Gasteiger partial charge in [0, 0.05) is 5.56 Å². The van der Waals surface area contributed by atoms with Crippen molar-refractivity contribution in [2.24, 2.45) is 5.73 Å². The Morgan fingerprint density at radius 2 is 1.53 bits per heavy atom. The molecule has 1 atom stereocenters. The minimum absolute atomic E-state index is 0.00942. The number of rotatable bonds is 2. The molecule has 2 N–H and O–H groups in total. The lowest BCUT2D eigenvalue weighted by molar-refractivity contribution is -0.165. The summed E-state index contributed by atoms with van der Waals surface area (Å²) in [5, 5.41) is 0. The molecule has 94 valence electrons. The van der Waals surface area contributed by atoms with Gasteiger partial charge in [0.25, 0.3) is 0 Å². The molecule has 2 nitrogen and oxygen atoms in total. The SMILES string of the molecule is Cc1cc(C)cc(C(=O)C(C)(N)C(F)(F)F)c1. The van der Waals surface area contributed by atoms with Crippen LogP contribution < -0.4 is 5.73 Å². The van der Waals surface area contributed by atoms with E-state index in [0.29, 0.717) is 6.92 Å². The Kier molecular flexibility index (Phi) is 3.34. The molecule has 5 heteroatoms. The lowest BCUT2D eigenvalue weighted by Crippen LogP contribution is -2.57. The Hall–Kier alpha value is -1.36. The first kappa shape index (κ1) is 13.7. The summed E-state index contributed by atoms with van der Waals surface area (Å²) in [5.74, 6) is -1.11. The highest BCUT2D eigenvalue weighted by atomic mass is 19.4. The lowest BCUT2D eigenvalue weighted by Gasteiger charge is -2.26. The zero-order chi connectivity index (χ0) is 13.4. The summed E-state index contributed by atoms with van der Waals surface area (Å²) < 4.78 is 37.9. The van der Waals surface area contributed by atoms with Crippen molar-refractivity contribution in [2.75, 3.05) is 0 Å². The Balaban J connectivity index is 3.21. The van der Waals surface area contributed by atoms with Crippen molar-refractivity contribution in [1.82, 2.24) is 0 Å². The van der Waals surface area contributed by atoms with Crippen LogP contribution >= 0.6 is 0 Å². The van der Waals surface area contributed by atoms with E-state index < -0.39 is 17.5 Å². The third kappa shape index (κ3) is 2.66. The summed E-state index contributed by atoms with van der Waals surface area (Å²) in [6, 6.07) is 4.59. The van der Waals surface area contributed by atoms with E-state index in [2.05, 4.69) is 0 Å². The van der Waals surface area contributed by atoms with Gasteiger partial charge in [-0.1, -0.05) is 17.2 Å². The van der Waals surface area contributed by atoms with Crippen LogP contribution in [0.15, 0.2) is 18.2 Å². The van der Waals surface area contributed by atoms with Crippen molar-refractivity contribution in [1.29, 1.82) is 0 Å². The second-order valence-corrected chi connectivity index (χ2v) is 4.41. The van der Waals surface area contributed by atoms with Crippen molar-refractivity contribution in [3.05, 3.63) is 34.9 Å². The second kappa shape index (κ2) is 4.14. The fourth-order valence-electron chi connectivity index (χ4n) is 1.53. The van der Waals surface area contributed by atoms with Crippen molar-refractivity contribution >= 4 is 5.78 Å². The summed E-state index contributed by atoms with van der Waals surface area (Å²) in [6.07, 6.45) is -4.76. The minimum atomic E-state index is -4.76. The maximum absolute atomic E-state index is 12.6. The van der Waals surface area contributed by atoms with E-state index in [0.717, 1.165) is 11.1 Å². The molecule has 1 unspecified atom stereocenters. The zero-order valence-electron chi connectivity index (χ0n) is 9.85. The molecule has 0 aliphatic rings. The maximum atomic E-state index is 12.6. The van der Waals surface area contributed by atoms with Crippen LogP contribution in [-0.4, -0.2) is 17.5 Å². The number of carbonyl (C=O) groups is 1. The molecule has 0 spiro atoms. The molecule has 0 aliphatic heterocycles. The highest BCUT2D eigenvalue weighted by molar-refractivity contribution is 6.03. The Morgan fingerprint density at radius 1 is 1.12 bits per heavy atom. The first-order valence-corrected chi connectivity index (χ1v) is 5.04. The highest BCUT2D eigenvalue weighted by Gasteiger charge is 2.53. The van der Waals surface area contributed by atoms with E-state index in [1.807, 2.05) is 0 Å². The number of halogens is 3. The van der Waals surface area contributed by atoms with E-state index in [1.165, 1.54) is 12.1 Å². The largest absolute Gasteiger partial charge is 0.413 e. The summed E-state index contributed by atoms with van der Waals surface area (Å²) in [5.41, 5.74) is 3.69. The van der Waals surface area contributed by atoms with Crippen LogP contribution in [0.1, 0.15) is 28.4 Å². The molecule has 1 aromatic rings. The van der Waals surface area contributed by atoms with Gasteiger partial charge < -0.3 is 5.73 Å². The summed E-state index contributed by atoms with van der Waals surface area (Å²) in [7, 11) is 0. The molecule has 1 rings (SSSR count). The number of carbonyl (C=O) groups excluding carboxylic acids is 1. The van der Waals surface area contributed by atoms with Gasteiger partial charge in [-0.05, 0) is 32.9 Å². The van der Waals surface area contributed by atoms with Gasteiger partial charge in [0.2, 0.25) is 0 Å². The van der Waals surface area contributed by atoms with Crippen LogP contribution in [0.5, 0.6) is 0 Å². The molecule has 0 bridgehead atoms. The molecule has 0 radical (unpaired) electrons. The average Bonchev–Trinajstić information content (AvgIpc) is 2.13. The maximum Gasteiger partial charge on any atom is 0.413 e. The normalized spacial score (nSPS) is 15.5. The smallest absolute Gasteiger partial charge is 0.311 e. The molecular formula is C12H14F3NO. The van der Waals surface area contributed by atoms with Gasteiger partial charge in [0.05, 0.1) is 0 Å². The van der Waals surface area contributed by atoms with Crippen LogP contribution in [0, 0.1) is 13.8 Å². The van der Waals surface area contributed by atoms with Gasteiger partial charge in [0.1, 0.15) is 0 Å². The predicted molar refractivity (Wildman–Crippen MR) is 58.9 cm³/mol. The van der Waals surface area contributed by atoms with Gasteiger partial charge in [-0.15, -0.1) is 0 Å². The molecule has 0 amide bonds. The fourth-order valence-corrected chi connectivity index (χ4v) is 1.53. The number of benzene rings is 1. The van der Waals surface area contributed by atoms with Gasteiger partial charge in [-0.25, -0.2) is 0 Å². The van der Waals surface area contributed by atoms with Gasteiger partial charge in [0.15, 0.2) is 11.3 Å². The van der Waals surface area contributed by atoms with E-state index in [9.17, 15) is 18.0 Å². The quantitative estimate of drug-likeness (QED) is 0.814. The first-order valence-electron chi connectivity index (χ1n) is 5.04. The predicted octanol–water partition coefficient (Wildman–Crippen LogP) is 2.77. The van der Waals surface area contributed by atoms with Crippen LogP contribution in [0.4, 0.5) is 13.2 Å². The van der Waals surface area contributed by atoms with E-state index in [4.69, 9.17) is 5.73 Å². The molecule has 1 aromatic carbocycles. The van der Waals surface area contributed by atoms with Crippen molar-refractivity contribution < 1.29 is 18.0 Å². The van der Waals surface area contributed by atoms with Crippen molar-refractivity contribution in [2.45, 2.75) is 32.5 Å². The molecular weight excluding hydrogens is 231 g/mol. The Bertz CT molecular complexity index is 429. The number of ketones is 1. The number of alkyl halides is 3. The third-order valence-electron chi connectivity index (χ3n) is 2.54. The summed E-state index contributed by atoms with van der Waals surface area (Å²) >= 11 is 0. The number of hydrogen-bond acceptors (Lipinski definition) is 2. The number of hydrogen-bond donors (Lipinski definition) is 1.